The van der Waals surface area contributed by atoms with Crippen molar-refractivity contribution < 1.29 is 9.53 Å². The Morgan fingerprint density at radius 1 is 1.35 bits per heavy atom. The summed E-state index contributed by atoms with van der Waals surface area (Å²) < 4.78 is 8.17. The molecule has 2 N–H and O–H groups in total. The van der Waals surface area contributed by atoms with Gasteiger partial charge in [0.05, 0.1) is 29.4 Å². The van der Waals surface area contributed by atoms with E-state index in [1.54, 1.807) is 24.4 Å². The van der Waals surface area contributed by atoms with E-state index in [9.17, 15) is 4.79 Å². The molecule has 2 aromatic rings. The average molecular weight is 442 g/mol. The molecule has 2 aliphatic rings. The smallest absolute Gasteiger partial charge is 0.254 e. The second-order valence-electron chi connectivity index (χ2n) is 9.63. The quantitative estimate of drug-likeness (QED) is 0.681. The van der Waals surface area contributed by atoms with Gasteiger partial charge in [0.15, 0.2) is 0 Å². The topological polar surface area (TPSA) is 72.5 Å². The van der Waals surface area contributed by atoms with Gasteiger partial charge < -0.3 is 15.4 Å². The van der Waals surface area contributed by atoms with Crippen LogP contribution in [0.3, 0.4) is 0 Å². The number of hydrogen-bond donors (Lipinski definition) is 2. The first-order valence-electron chi connectivity index (χ1n) is 10.5. The third-order valence-electron chi connectivity index (χ3n) is 6.68. The van der Waals surface area contributed by atoms with Crippen molar-refractivity contribution in [3.05, 3.63) is 52.6 Å². The van der Waals surface area contributed by atoms with Crippen LogP contribution in [0.25, 0.3) is 4.85 Å². The number of ether oxygens (including phenoxy) is 1. The van der Waals surface area contributed by atoms with Gasteiger partial charge in [0.1, 0.15) is 11.9 Å². The molecule has 0 bridgehead atoms. The maximum Gasteiger partial charge on any atom is 0.254 e. The van der Waals surface area contributed by atoms with Gasteiger partial charge >= 0.3 is 0 Å². The van der Waals surface area contributed by atoms with Crippen molar-refractivity contribution in [1.82, 2.24) is 20.4 Å². The van der Waals surface area contributed by atoms with Gasteiger partial charge in [-0.2, -0.15) is 5.10 Å². The number of aromatic nitrogens is 2. The number of carbonyl (C=O) groups is 1. The average Bonchev–Trinajstić information content (AvgIpc) is 3.41. The molecule has 1 aromatic carbocycles. The molecule has 2 fully saturated rings. The van der Waals surface area contributed by atoms with E-state index in [0.29, 0.717) is 28.1 Å². The Balaban J connectivity index is 1.45. The SMILES string of the molecule is [C-]#[N+]c1ccc(OC2C(C)(C)C(NC(=O)c3cnn(C4CCNC4)c3)C2(C)C)cc1Cl. The third-order valence-corrected chi connectivity index (χ3v) is 6.98. The number of nitrogens with one attached hydrogen (secondary N) is 2. The summed E-state index contributed by atoms with van der Waals surface area (Å²) in [6, 6.07) is 5.34. The Morgan fingerprint density at radius 3 is 2.71 bits per heavy atom. The number of amides is 1. The van der Waals surface area contributed by atoms with Crippen molar-refractivity contribution in [2.75, 3.05) is 13.1 Å². The third kappa shape index (κ3) is 3.79. The summed E-state index contributed by atoms with van der Waals surface area (Å²) in [5, 5.41) is 11.3. The summed E-state index contributed by atoms with van der Waals surface area (Å²) in [6.45, 7) is 17.4. The molecule has 0 spiro atoms. The van der Waals surface area contributed by atoms with Gasteiger partial charge in [-0.25, -0.2) is 4.85 Å². The van der Waals surface area contributed by atoms with E-state index in [0.717, 1.165) is 19.5 Å². The summed E-state index contributed by atoms with van der Waals surface area (Å²) in [5.41, 5.74) is 0.384. The molecule has 1 atom stereocenters. The minimum Gasteiger partial charge on any atom is -0.489 e. The van der Waals surface area contributed by atoms with Gasteiger partial charge in [0.25, 0.3) is 5.91 Å². The van der Waals surface area contributed by atoms with Crippen LogP contribution in [0.1, 0.15) is 50.5 Å². The van der Waals surface area contributed by atoms with Crippen LogP contribution in [0, 0.1) is 17.4 Å². The number of hydrogen-bond acceptors (Lipinski definition) is 4. The molecule has 4 rings (SSSR count). The fourth-order valence-corrected chi connectivity index (χ4v) is 5.53. The second-order valence-corrected chi connectivity index (χ2v) is 10.0. The standard InChI is InChI=1S/C23H28ClN5O2/c1-22(2)20(28-19(30)14-11-27-29(13-14)15-8-9-26-12-15)23(3,4)21(22)31-16-6-7-18(25-5)17(24)10-16/h6-7,10-11,13,15,20-21,26H,8-9,12H2,1-4H3,(H,28,30). The highest BCUT2D eigenvalue weighted by Gasteiger charge is 2.64. The van der Waals surface area contributed by atoms with Gasteiger partial charge in [0, 0.05) is 29.6 Å². The van der Waals surface area contributed by atoms with E-state index in [4.69, 9.17) is 22.9 Å². The van der Waals surface area contributed by atoms with E-state index in [-0.39, 0.29) is 28.9 Å². The number of benzene rings is 1. The highest BCUT2D eigenvalue weighted by atomic mass is 35.5. The Bertz CT molecular complexity index is 1020. The predicted molar refractivity (Wildman–Crippen MR) is 120 cm³/mol. The van der Waals surface area contributed by atoms with E-state index in [1.165, 1.54) is 0 Å². The molecule has 1 amide bonds. The first-order chi connectivity index (χ1) is 14.6. The Morgan fingerprint density at radius 2 is 2.10 bits per heavy atom. The lowest BCUT2D eigenvalue weighted by Gasteiger charge is -2.63. The van der Waals surface area contributed by atoms with Crippen molar-refractivity contribution in [1.29, 1.82) is 0 Å². The fraction of sp³-hybridized carbons (Fsp3) is 0.522. The fourth-order valence-electron chi connectivity index (χ4n) is 5.32. The molecular formula is C23H28ClN5O2. The van der Waals surface area contributed by atoms with E-state index >= 15 is 0 Å². The summed E-state index contributed by atoms with van der Waals surface area (Å²) in [4.78, 5) is 16.4. The summed E-state index contributed by atoms with van der Waals surface area (Å²) in [7, 11) is 0. The van der Waals surface area contributed by atoms with E-state index < -0.39 is 0 Å². The highest BCUT2D eigenvalue weighted by molar-refractivity contribution is 6.33. The predicted octanol–water partition coefficient (Wildman–Crippen LogP) is 4.23. The molecular weight excluding hydrogens is 414 g/mol. The molecule has 7 nitrogen and oxygen atoms in total. The van der Waals surface area contributed by atoms with Crippen molar-refractivity contribution in [3.8, 4) is 5.75 Å². The number of nitrogens with zero attached hydrogens (tertiary/aromatic N) is 3. The van der Waals surface area contributed by atoms with Crippen LogP contribution in [0.2, 0.25) is 5.02 Å². The van der Waals surface area contributed by atoms with Gasteiger partial charge in [-0.15, -0.1) is 0 Å². The maximum absolute atomic E-state index is 13.0. The van der Waals surface area contributed by atoms with Crippen molar-refractivity contribution in [3.63, 3.8) is 0 Å². The second kappa shape index (κ2) is 7.85. The van der Waals surface area contributed by atoms with Crippen LogP contribution in [0.4, 0.5) is 5.69 Å². The number of halogens is 1. The molecule has 1 aromatic heterocycles. The number of carbonyl (C=O) groups excluding carboxylic acids is 1. The van der Waals surface area contributed by atoms with Gasteiger partial charge in [-0.05, 0) is 25.1 Å². The minimum atomic E-state index is -0.296. The van der Waals surface area contributed by atoms with Crippen LogP contribution in [0.5, 0.6) is 5.75 Å². The van der Waals surface area contributed by atoms with Crippen molar-refractivity contribution in [2.24, 2.45) is 10.8 Å². The van der Waals surface area contributed by atoms with Gasteiger partial charge in [-0.1, -0.05) is 45.4 Å². The molecule has 0 radical (unpaired) electrons. The zero-order valence-corrected chi connectivity index (χ0v) is 19.0. The lowest BCUT2D eigenvalue weighted by molar-refractivity contribution is -0.164. The van der Waals surface area contributed by atoms with Crippen LogP contribution in [-0.4, -0.2) is 40.9 Å². The molecule has 8 heteroatoms. The largest absolute Gasteiger partial charge is 0.489 e. The molecule has 2 heterocycles. The monoisotopic (exact) mass is 441 g/mol. The zero-order chi connectivity index (χ0) is 22.4. The summed E-state index contributed by atoms with van der Waals surface area (Å²) in [5.74, 6) is 0.506. The molecule has 1 saturated carbocycles. The van der Waals surface area contributed by atoms with Crippen LogP contribution < -0.4 is 15.4 Å². The van der Waals surface area contributed by atoms with Crippen molar-refractivity contribution in [2.45, 2.75) is 52.3 Å². The molecule has 31 heavy (non-hydrogen) atoms. The molecule has 1 saturated heterocycles. The molecule has 1 aliphatic heterocycles. The lowest BCUT2D eigenvalue weighted by atomic mass is 9.49. The zero-order valence-electron chi connectivity index (χ0n) is 18.3. The Kier molecular flexibility index (Phi) is 5.48. The first kappa shape index (κ1) is 21.7. The maximum atomic E-state index is 13.0. The summed E-state index contributed by atoms with van der Waals surface area (Å²) in [6.07, 6.45) is 4.36. The Hall–Kier alpha value is -2.56. The minimum absolute atomic E-state index is 0.0769. The molecule has 164 valence electrons. The first-order valence-corrected chi connectivity index (χ1v) is 10.9. The van der Waals surface area contributed by atoms with Crippen LogP contribution >= 0.6 is 11.6 Å². The van der Waals surface area contributed by atoms with Crippen LogP contribution in [-0.2, 0) is 0 Å². The van der Waals surface area contributed by atoms with E-state index in [1.807, 2.05) is 10.9 Å². The van der Waals surface area contributed by atoms with E-state index in [2.05, 4.69) is 48.3 Å². The molecule has 1 aliphatic carbocycles. The van der Waals surface area contributed by atoms with Gasteiger partial charge in [-0.3, -0.25) is 9.48 Å². The molecule has 1 unspecified atom stereocenters. The highest BCUT2D eigenvalue weighted by Crippen LogP contribution is 2.55. The summed E-state index contributed by atoms with van der Waals surface area (Å²) >= 11 is 6.17. The Labute approximate surface area is 187 Å². The van der Waals surface area contributed by atoms with Crippen LogP contribution in [0.15, 0.2) is 30.6 Å². The normalized spacial score (nSPS) is 26.0. The number of rotatable bonds is 5. The van der Waals surface area contributed by atoms with Crippen molar-refractivity contribution >= 4 is 23.2 Å². The van der Waals surface area contributed by atoms with Gasteiger partial charge in [0.2, 0.25) is 5.69 Å². The lowest BCUT2D eigenvalue weighted by Crippen LogP contribution is -2.74.